The standard InChI is InChI=1S/C19H22ClN3O5/c1-22(11-12-27-2)10-9-21-19(24)14-3-6-16(7-4-14)28-18-8-5-15(20)13-17(18)23(25)26/h3-8,13H,9-12H2,1-2H3,(H,21,24). The number of amides is 1. The highest BCUT2D eigenvalue weighted by Gasteiger charge is 2.16. The third-order valence-electron chi connectivity index (χ3n) is 3.92. The summed E-state index contributed by atoms with van der Waals surface area (Å²) in [6, 6.07) is 10.5. The molecule has 9 heteroatoms. The third kappa shape index (κ3) is 6.49. The van der Waals surface area contributed by atoms with Crippen LogP contribution in [0.4, 0.5) is 5.69 Å². The summed E-state index contributed by atoms with van der Waals surface area (Å²) in [7, 11) is 3.60. The molecule has 28 heavy (non-hydrogen) atoms. The van der Waals surface area contributed by atoms with Crippen molar-refractivity contribution in [1.29, 1.82) is 0 Å². The molecule has 0 radical (unpaired) electrons. The van der Waals surface area contributed by atoms with E-state index in [9.17, 15) is 14.9 Å². The maximum absolute atomic E-state index is 12.2. The van der Waals surface area contributed by atoms with Gasteiger partial charge in [0.1, 0.15) is 5.75 Å². The number of hydrogen-bond acceptors (Lipinski definition) is 6. The molecule has 0 aromatic heterocycles. The van der Waals surface area contributed by atoms with Crippen LogP contribution in [0, 0.1) is 10.1 Å². The van der Waals surface area contributed by atoms with Gasteiger partial charge in [0.2, 0.25) is 5.75 Å². The van der Waals surface area contributed by atoms with Crippen LogP contribution in [0.2, 0.25) is 5.02 Å². The lowest BCUT2D eigenvalue weighted by Gasteiger charge is -2.16. The van der Waals surface area contributed by atoms with E-state index in [1.807, 2.05) is 7.05 Å². The van der Waals surface area contributed by atoms with E-state index in [0.717, 1.165) is 6.54 Å². The zero-order valence-corrected chi connectivity index (χ0v) is 16.4. The summed E-state index contributed by atoms with van der Waals surface area (Å²) in [4.78, 5) is 24.8. The SMILES string of the molecule is COCCN(C)CCNC(=O)c1ccc(Oc2ccc(Cl)cc2[N+](=O)[O-])cc1. The van der Waals surface area contributed by atoms with Gasteiger partial charge in [-0.2, -0.15) is 0 Å². The summed E-state index contributed by atoms with van der Waals surface area (Å²) in [6.45, 7) is 2.64. The molecule has 2 aromatic carbocycles. The van der Waals surface area contributed by atoms with Crippen LogP contribution in [0.15, 0.2) is 42.5 Å². The number of methoxy groups -OCH3 is 1. The van der Waals surface area contributed by atoms with Gasteiger partial charge in [-0.05, 0) is 43.4 Å². The number of benzene rings is 2. The lowest BCUT2D eigenvalue weighted by Crippen LogP contribution is -2.34. The molecule has 0 fully saturated rings. The Bertz CT molecular complexity index is 814. The monoisotopic (exact) mass is 407 g/mol. The zero-order chi connectivity index (χ0) is 20.5. The predicted molar refractivity (Wildman–Crippen MR) is 106 cm³/mol. The molecule has 2 rings (SSSR count). The summed E-state index contributed by atoms with van der Waals surface area (Å²) in [5.74, 6) is 0.246. The minimum Gasteiger partial charge on any atom is -0.450 e. The molecule has 0 atom stereocenters. The molecule has 0 unspecified atom stereocenters. The number of nitrogens with zero attached hydrogens (tertiary/aromatic N) is 2. The fraction of sp³-hybridized carbons (Fsp3) is 0.316. The molecule has 0 aliphatic heterocycles. The molecule has 8 nitrogen and oxygen atoms in total. The van der Waals surface area contributed by atoms with E-state index in [0.29, 0.717) is 31.0 Å². The molecular formula is C19H22ClN3O5. The minimum atomic E-state index is -0.563. The van der Waals surface area contributed by atoms with Gasteiger partial charge in [0.25, 0.3) is 5.91 Å². The first-order valence-corrected chi connectivity index (χ1v) is 8.96. The number of rotatable bonds is 10. The summed E-state index contributed by atoms with van der Waals surface area (Å²) < 4.78 is 10.6. The van der Waals surface area contributed by atoms with Gasteiger partial charge < -0.3 is 19.7 Å². The number of likely N-dealkylation sites (N-methyl/N-ethyl adjacent to an activating group) is 1. The Morgan fingerprint density at radius 1 is 1.21 bits per heavy atom. The van der Waals surface area contributed by atoms with Crippen molar-refractivity contribution < 1.29 is 19.2 Å². The van der Waals surface area contributed by atoms with Crippen LogP contribution in [0.25, 0.3) is 0 Å². The zero-order valence-electron chi connectivity index (χ0n) is 15.7. The first kappa shape index (κ1) is 21.6. The van der Waals surface area contributed by atoms with Crippen LogP contribution in [-0.4, -0.2) is 56.1 Å². The Balaban J connectivity index is 1.93. The molecule has 1 amide bonds. The van der Waals surface area contributed by atoms with Gasteiger partial charge in [-0.3, -0.25) is 14.9 Å². The van der Waals surface area contributed by atoms with Crippen LogP contribution in [-0.2, 0) is 4.74 Å². The summed E-state index contributed by atoms with van der Waals surface area (Å²) in [5, 5.41) is 14.2. The lowest BCUT2D eigenvalue weighted by molar-refractivity contribution is -0.385. The molecule has 150 valence electrons. The van der Waals surface area contributed by atoms with E-state index in [2.05, 4.69) is 10.2 Å². The number of ether oxygens (including phenoxy) is 2. The van der Waals surface area contributed by atoms with E-state index in [1.165, 1.54) is 18.2 Å². The van der Waals surface area contributed by atoms with Crippen LogP contribution in [0.5, 0.6) is 11.5 Å². The minimum absolute atomic E-state index is 0.0747. The van der Waals surface area contributed by atoms with Gasteiger partial charge in [-0.1, -0.05) is 11.6 Å². The van der Waals surface area contributed by atoms with Gasteiger partial charge >= 0.3 is 5.69 Å². The largest absolute Gasteiger partial charge is 0.450 e. The molecule has 0 aliphatic carbocycles. The Kier molecular flexibility index (Phi) is 8.19. The average Bonchev–Trinajstić information content (AvgIpc) is 2.68. The van der Waals surface area contributed by atoms with Gasteiger partial charge in [0.05, 0.1) is 11.5 Å². The first-order valence-electron chi connectivity index (χ1n) is 8.58. The van der Waals surface area contributed by atoms with E-state index in [1.54, 1.807) is 31.4 Å². The number of carbonyl (C=O) groups excluding carboxylic acids is 1. The lowest BCUT2D eigenvalue weighted by atomic mass is 10.2. The second-order valence-electron chi connectivity index (χ2n) is 6.05. The summed E-state index contributed by atoms with van der Waals surface area (Å²) in [5.41, 5.74) is 0.240. The fourth-order valence-corrected chi connectivity index (χ4v) is 2.51. The molecule has 0 spiro atoms. The van der Waals surface area contributed by atoms with Crippen molar-refractivity contribution in [3.8, 4) is 11.5 Å². The van der Waals surface area contributed by atoms with Crippen LogP contribution >= 0.6 is 11.6 Å². The van der Waals surface area contributed by atoms with Gasteiger partial charge in [0, 0.05) is 43.4 Å². The van der Waals surface area contributed by atoms with Crippen LogP contribution in [0.1, 0.15) is 10.4 Å². The Hall–Kier alpha value is -2.68. The molecule has 0 bridgehead atoms. The number of nitrogens with one attached hydrogen (secondary N) is 1. The molecular weight excluding hydrogens is 386 g/mol. The summed E-state index contributed by atoms with van der Waals surface area (Å²) >= 11 is 5.79. The number of nitro benzene ring substituents is 1. The molecule has 0 heterocycles. The molecule has 0 aliphatic rings. The highest BCUT2D eigenvalue weighted by molar-refractivity contribution is 6.30. The number of hydrogen-bond donors (Lipinski definition) is 1. The molecule has 1 N–H and O–H groups in total. The topological polar surface area (TPSA) is 93.9 Å². The van der Waals surface area contributed by atoms with Crippen molar-refractivity contribution in [2.45, 2.75) is 0 Å². The summed E-state index contributed by atoms with van der Waals surface area (Å²) in [6.07, 6.45) is 0. The number of carbonyl (C=O) groups is 1. The molecule has 0 saturated heterocycles. The Morgan fingerprint density at radius 3 is 2.57 bits per heavy atom. The number of nitro groups is 1. The highest BCUT2D eigenvalue weighted by atomic mass is 35.5. The van der Waals surface area contributed by atoms with E-state index in [4.69, 9.17) is 21.1 Å². The maximum atomic E-state index is 12.2. The van der Waals surface area contributed by atoms with Gasteiger partial charge in [-0.15, -0.1) is 0 Å². The highest BCUT2D eigenvalue weighted by Crippen LogP contribution is 2.33. The van der Waals surface area contributed by atoms with Crippen molar-refractivity contribution >= 4 is 23.2 Å². The predicted octanol–water partition coefficient (Wildman–Crippen LogP) is 3.35. The van der Waals surface area contributed by atoms with Crippen LogP contribution < -0.4 is 10.1 Å². The fourth-order valence-electron chi connectivity index (χ4n) is 2.34. The Morgan fingerprint density at radius 2 is 1.93 bits per heavy atom. The second kappa shape index (κ2) is 10.6. The third-order valence-corrected chi connectivity index (χ3v) is 4.15. The quantitative estimate of drug-likeness (QED) is 0.479. The van der Waals surface area contributed by atoms with Gasteiger partial charge in [0.15, 0.2) is 0 Å². The van der Waals surface area contributed by atoms with Crippen LogP contribution in [0.3, 0.4) is 0 Å². The average molecular weight is 408 g/mol. The maximum Gasteiger partial charge on any atom is 0.313 e. The van der Waals surface area contributed by atoms with Gasteiger partial charge in [-0.25, -0.2) is 0 Å². The molecule has 2 aromatic rings. The van der Waals surface area contributed by atoms with Crippen molar-refractivity contribution in [2.75, 3.05) is 40.4 Å². The van der Waals surface area contributed by atoms with E-state index in [-0.39, 0.29) is 22.4 Å². The normalized spacial score (nSPS) is 10.7. The Labute approximate surface area is 168 Å². The van der Waals surface area contributed by atoms with E-state index >= 15 is 0 Å². The van der Waals surface area contributed by atoms with Crippen molar-refractivity contribution in [2.24, 2.45) is 0 Å². The van der Waals surface area contributed by atoms with Crippen molar-refractivity contribution in [3.63, 3.8) is 0 Å². The smallest absolute Gasteiger partial charge is 0.313 e. The first-order chi connectivity index (χ1) is 13.4. The van der Waals surface area contributed by atoms with Crippen molar-refractivity contribution in [1.82, 2.24) is 10.2 Å². The second-order valence-corrected chi connectivity index (χ2v) is 6.48. The molecule has 0 saturated carbocycles. The van der Waals surface area contributed by atoms with Crippen molar-refractivity contribution in [3.05, 3.63) is 63.2 Å². The van der Waals surface area contributed by atoms with E-state index < -0.39 is 4.92 Å². The number of halogens is 1.